The minimum Gasteiger partial charge on any atom is -0.378 e. The van der Waals surface area contributed by atoms with Gasteiger partial charge in [0.05, 0.1) is 11.6 Å². The second kappa shape index (κ2) is 5.03. The molecule has 0 aromatic heterocycles. The molecule has 1 aliphatic carbocycles. The molecule has 1 saturated carbocycles. The minimum absolute atomic E-state index is 0.0263. The summed E-state index contributed by atoms with van der Waals surface area (Å²) in [6, 6.07) is 0. The third-order valence-electron chi connectivity index (χ3n) is 2.73. The summed E-state index contributed by atoms with van der Waals surface area (Å²) in [4.78, 5) is 0. The molecule has 0 spiro atoms. The summed E-state index contributed by atoms with van der Waals surface area (Å²) >= 11 is 0. The van der Waals surface area contributed by atoms with Crippen molar-refractivity contribution in [2.75, 3.05) is 13.2 Å². The molecule has 84 valence electrons. The topological polar surface area (TPSA) is 21.3 Å². The van der Waals surface area contributed by atoms with Crippen LogP contribution in [0.1, 0.15) is 33.1 Å². The maximum Gasteiger partial charge on any atom is 0.256 e. The Morgan fingerprint density at radius 3 is 2.50 bits per heavy atom. The van der Waals surface area contributed by atoms with E-state index >= 15 is 0 Å². The summed E-state index contributed by atoms with van der Waals surface area (Å²) in [5, 5.41) is 2.94. The van der Waals surface area contributed by atoms with Crippen LogP contribution in [0, 0.1) is 0 Å². The lowest BCUT2D eigenvalue weighted by atomic mass is 9.74. The molecule has 0 aliphatic heterocycles. The zero-order valence-corrected chi connectivity index (χ0v) is 8.85. The van der Waals surface area contributed by atoms with Crippen LogP contribution in [0.5, 0.6) is 0 Å². The van der Waals surface area contributed by atoms with Gasteiger partial charge in [-0.05, 0) is 32.7 Å². The lowest BCUT2D eigenvalue weighted by Crippen LogP contribution is -2.62. The average Bonchev–Trinajstić information content (AvgIpc) is 2.08. The van der Waals surface area contributed by atoms with Gasteiger partial charge >= 0.3 is 0 Å². The Morgan fingerprint density at radius 1 is 1.43 bits per heavy atom. The molecule has 1 rings (SSSR count). The van der Waals surface area contributed by atoms with E-state index in [2.05, 4.69) is 5.32 Å². The first-order valence-electron chi connectivity index (χ1n) is 5.29. The number of rotatable bonds is 6. The summed E-state index contributed by atoms with van der Waals surface area (Å²) in [7, 11) is 0. The van der Waals surface area contributed by atoms with E-state index in [9.17, 15) is 8.78 Å². The van der Waals surface area contributed by atoms with Gasteiger partial charge in [-0.3, -0.25) is 0 Å². The molecular formula is C10H19F2NO. The second-order valence-corrected chi connectivity index (χ2v) is 3.87. The molecule has 0 amide bonds. The largest absolute Gasteiger partial charge is 0.378 e. The molecule has 14 heavy (non-hydrogen) atoms. The zero-order chi connectivity index (χ0) is 10.6. The molecule has 4 heteroatoms. The molecular weight excluding hydrogens is 188 g/mol. The van der Waals surface area contributed by atoms with Crippen LogP contribution in [0.2, 0.25) is 0 Å². The SMILES string of the molecule is CCCNC1(C(F)F)CC(OCC)C1. The van der Waals surface area contributed by atoms with Crippen molar-refractivity contribution in [1.82, 2.24) is 5.32 Å². The van der Waals surface area contributed by atoms with Crippen molar-refractivity contribution in [3.8, 4) is 0 Å². The van der Waals surface area contributed by atoms with E-state index in [0.29, 0.717) is 26.0 Å². The molecule has 1 aliphatic rings. The first-order chi connectivity index (χ1) is 6.64. The van der Waals surface area contributed by atoms with E-state index in [1.807, 2.05) is 13.8 Å². The average molecular weight is 207 g/mol. The molecule has 1 fully saturated rings. The van der Waals surface area contributed by atoms with Gasteiger partial charge in [-0.25, -0.2) is 8.78 Å². The zero-order valence-electron chi connectivity index (χ0n) is 8.85. The van der Waals surface area contributed by atoms with Crippen LogP contribution >= 0.6 is 0 Å². The molecule has 0 aromatic rings. The van der Waals surface area contributed by atoms with Crippen molar-refractivity contribution in [2.45, 2.75) is 51.2 Å². The van der Waals surface area contributed by atoms with Crippen LogP contribution in [-0.4, -0.2) is 31.2 Å². The number of hydrogen-bond donors (Lipinski definition) is 1. The van der Waals surface area contributed by atoms with Gasteiger partial charge in [0.15, 0.2) is 0 Å². The molecule has 1 N–H and O–H groups in total. The standard InChI is InChI=1S/C10H19F2NO/c1-3-5-13-10(9(11)12)6-8(7-10)14-4-2/h8-9,13H,3-7H2,1-2H3. The molecule has 0 radical (unpaired) electrons. The van der Waals surface area contributed by atoms with Crippen LogP contribution in [0.15, 0.2) is 0 Å². The van der Waals surface area contributed by atoms with Gasteiger partial charge in [0, 0.05) is 6.61 Å². The maximum absolute atomic E-state index is 12.8. The monoisotopic (exact) mass is 207 g/mol. The molecule has 0 aromatic carbocycles. The Hall–Kier alpha value is -0.220. The number of ether oxygens (including phenoxy) is 1. The molecule has 0 saturated heterocycles. The Balaban J connectivity index is 2.36. The Kier molecular flexibility index (Phi) is 4.26. The fourth-order valence-corrected chi connectivity index (χ4v) is 1.88. The lowest BCUT2D eigenvalue weighted by molar-refractivity contribution is -0.111. The summed E-state index contributed by atoms with van der Waals surface area (Å²) in [5.41, 5.74) is -0.962. The van der Waals surface area contributed by atoms with Crippen molar-refractivity contribution in [2.24, 2.45) is 0 Å². The maximum atomic E-state index is 12.8. The first kappa shape index (κ1) is 11.9. The third kappa shape index (κ3) is 2.42. The Labute approximate surface area is 84.0 Å². The third-order valence-corrected chi connectivity index (χ3v) is 2.73. The van der Waals surface area contributed by atoms with Gasteiger partial charge in [0.25, 0.3) is 6.43 Å². The van der Waals surface area contributed by atoms with Gasteiger partial charge in [-0.1, -0.05) is 6.92 Å². The Morgan fingerprint density at radius 2 is 2.07 bits per heavy atom. The summed E-state index contributed by atoms with van der Waals surface area (Å²) in [6.07, 6.45) is -0.491. The predicted molar refractivity (Wildman–Crippen MR) is 51.7 cm³/mol. The van der Waals surface area contributed by atoms with E-state index in [4.69, 9.17) is 4.74 Å². The van der Waals surface area contributed by atoms with Crippen molar-refractivity contribution in [3.05, 3.63) is 0 Å². The van der Waals surface area contributed by atoms with Crippen molar-refractivity contribution < 1.29 is 13.5 Å². The number of hydrogen-bond acceptors (Lipinski definition) is 2. The summed E-state index contributed by atoms with van der Waals surface area (Å²) in [5.74, 6) is 0. The van der Waals surface area contributed by atoms with E-state index in [1.165, 1.54) is 0 Å². The van der Waals surface area contributed by atoms with E-state index in [1.54, 1.807) is 0 Å². The quantitative estimate of drug-likeness (QED) is 0.721. The van der Waals surface area contributed by atoms with Crippen LogP contribution in [0.3, 0.4) is 0 Å². The van der Waals surface area contributed by atoms with Crippen molar-refractivity contribution in [3.63, 3.8) is 0 Å². The molecule has 0 atom stereocenters. The van der Waals surface area contributed by atoms with Crippen molar-refractivity contribution >= 4 is 0 Å². The number of halogens is 2. The second-order valence-electron chi connectivity index (χ2n) is 3.87. The molecule has 2 nitrogen and oxygen atoms in total. The molecule has 0 unspecified atom stereocenters. The fraction of sp³-hybridized carbons (Fsp3) is 1.00. The van der Waals surface area contributed by atoms with Gasteiger partial charge < -0.3 is 10.1 Å². The highest BCUT2D eigenvalue weighted by molar-refractivity contribution is 5.04. The normalized spacial score (nSPS) is 31.9. The minimum atomic E-state index is -2.29. The number of alkyl halides is 2. The highest BCUT2D eigenvalue weighted by atomic mass is 19.3. The summed E-state index contributed by atoms with van der Waals surface area (Å²) < 4.78 is 30.8. The molecule has 0 bridgehead atoms. The molecule has 0 heterocycles. The van der Waals surface area contributed by atoms with E-state index in [0.717, 1.165) is 6.42 Å². The highest BCUT2D eigenvalue weighted by Gasteiger charge is 2.51. The lowest BCUT2D eigenvalue weighted by Gasteiger charge is -2.47. The Bertz CT molecular complexity index is 170. The highest BCUT2D eigenvalue weighted by Crippen LogP contribution is 2.39. The fourth-order valence-electron chi connectivity index (χ4n) is 1.88. The smallest absolute Gasteiger partial charge is 0.256 e. The van der Waals surface area contributed by atoms with Crippen LogP contribution < -0.4 is 5.32 Å². The van der Waals surface area contributed by atoms with E-state index in [-0.39, 0.29) is 6.10 Å². The van der Waals surface area contributed by atoms with Crippen LogP contribution in [-0.2, 0) is 4.74 Å². The summed E-state index contributed by atoms with van der Waals surface area (Å²) in [6.45, 7) is 5.13. The van der Waals surface area contributed by atoms with Crippen LogP contribution in [0.25, 0.3) is 0 Å². The van der Waals surface area contributed by atoms with Gasteiger partial charge in [0.2, 0.25) is 0 Å². The number of nitrogens with one attached hydrogen (secondary N) is 1. The van der Waals surface area contributed by atoms with Gasteiger partial charge in [-0.15, -0.1) is 0 Å². The van der Waals surface area contributed by atoms with Gasteiger partial charge in [-0.2, -0.15) is 0 Å². The van der Waals surface area contributed by atoms with Crippen molar-refractivity contribution in [1.29, 1.82) is 0 Å². The predicted octanol–water partition coefficient (Wildman–Crippen LogP) is 2.19. The van der Waals surface area contributed by atoms with Gasteiger partial charge in [0.1, 0.15) is 0 Å². The van der Waals surface area contributed by atoms with Crippen LogP contribution in [0.4, 0.5) is 8.78 Å². The first-order valence-corrected chi connectivity index (χ1v) is 5.29. The van der Waals surface area contributed by atoms with E-state index < -0.39 is 12.0 Å².